The van der Waals surface area contributed by atoms with Crippen molar-refractivity contribution in [1.82, 2.24) is 15.1 Å². The molecule has 0 radical (unpaired) electrons. The molecular formula is C26H36N4O3. The maximum absolute atomic E-state index is 13.0. The molecule has 2 aromatic rings. The molecule has 1 saturated heterocycles. The van der Waals surface area contributed by atoms with Crippen LogP contribution in [0.3, 0.4) is 0 Å². The smallest absolute Gasteiger partial charge is 0.255 e. The second kappa shape index (κ2) is 11.8. The molecule has 1 aliphatic heterocycles. The number of carbonyl (C=O) groups is 2. The Hall–Kier alpha value is -2.90. The zero-order chi connectivity index (χ0) is 23.8. The van der Waals surface area contributed by atoms with Crippen LogP contribution in [0, 0.1) is 5.92 Å². The molecule has 0 bridgehead atoms. The van der Waals surface area contributed by atoms with E-state index in [0.29, 0.717) is 11.3 Å². The zero-order valence-corrected chi connectivity index (χ0v) is 20.1. The van der Waals surface area contributed by atoms with Crippen LogP contribution in [-0.2, 0) is 11.3 Å². The monoisotopic (exact) mass is 452 g/mol. The third-order valence-corrected chi connectivity index (χ3v) is 6.13. The topological polar surface area (TPSA) is 73.9 Å². The van der Waals surface area contributed by atoms with Gasteiger partial charge in [0.15, 0.2) is 0 Å². The lowest BCUT2D eigenvalue weighted by atomic mass is 10.0. The Labute approximate surface area is 197 Å². The summed E-state index contributed by atoms with van der Waals surface area (Å²) in [7, 11) is 1.52. The largest absolute Gasteiger partial charge is 0.496 e. The molecule has 178 valence electrons. The molecule has 0 aromatic heterocycles. The molecule has 1 atom stereocenters. The highest BCUT2D eigenvalue weighted by molar-refractivity contribution is 6.02. The van der Waals surface area contributed by atoms with Gasteiger partial charge in [-0.25, -0.2) is 0 Å². The number of anilines is 1. The predicted octanol–water partition coefficient (Wildman–Crippen LogP) is 3.23. The van der Waals surface area contributed by atoms with E-state index >= 15 is 0 Å². The van der Waals surface area contributed by atoms with E-state index in [-0.39, 0.29) is 17.7 Å². The molecule has 1 aliphatic rings. The minimum Gasteiger partial charge on any atom is -0.496 e. The van der Waals surface area contributed by atoms with Crippen molar-refractivity contribution < 1.29 is 14.3 Å². The number of para-hydroxylation sites is 1. The molecule has 7 nitrogen and oxygen atoms in total. The summed E-state index contributed by atoms with van der Waals surface area (Å²) in [4.78, 5) is 30.7. The summed E-state index contributed by atoms with van der Waals surface area (Å²) < 4.78 is 5.27. The first-order valence-electron chi connectivity index (χ1n) is 11.7. The van der Waals surface area contributed by atoms with E-state index in [0.717, 1.165) is 45.0 Å². The summed E-state index contributed by atoms with van der Waals surface area (Å²) in [5.41, 5.74) is 2.35. The van der Waals surface area contributed by atoms with Crippen LogP contribution in [0.2, 0.25) is 0 Å². The molecule has 2 N–H and O–H groups in total. The Bertz CT molecular complexity index is 921. The summed E-state index contributed by atoms with van der Waals surface area (Å²) in [6, 6.07) is 14.3. The van der Waals surface area contributed by atoms with Crippen LogP contribution in [0.1, 0.15) is 36.7 Å². The predicted molar refractivity (Wildman–Crippen MR) is 132 cm³/mol. The highest BCUT2D eigenvalue weighted by atomic mass is 16.5. The second-order valence-corrected chi connectivity index (χ2v) is 8.79. The number of ether oxygens (including phenoxy) is 1. The van der Waals surface area contributed by atoms with Gasteiger partial charge in [0.25, 0.3) is 5.91 Å². The number of methoxy groups -OCH3 is 1. The number of carbonyl (C=O) groups excluding carboxylic acids is 2. The van der Waals surface area contributed by atoms with Gasteiger partial charge in [0.1, 0.15) is 11.8 Å². The molecule has 3 rings (SSSR count). The van der Waals surface area contributed by atoms with Crippen LogP contribution >= 0.6 is 0 Å². The molecule has 33 heavy (non-hydrogen) atoms. The van der Waals surface area contributed by atoms with Gasteiger partial charge < -0.3 is 20.3 Å². The van der Waals surface area contributed by atoms with Gasteiger partial charge >= 0.3 is 0 Å². The van der Waals surface area contributed by atoms with Crippen molar-refractivity contribution >= 4 is 17.5 Å². The molecule has 0 saturated carbocycles. The first kappa shape index (κ1) is 24.7. The van der Waals surface area contributed by atoms with Crippen LogP contribution < -0.4 is 15.4 Å². The molecule has 1 fully saturated rings. The Morgan fingerprint density at radius 3 is 2.21 bits per heavy atom. The maximum Gasteiger partial charge on any atom is 0.255 e. The fraction of sp³-hybridized carbons (Fsp3) is 0.462. The Kier molecular flexibility index (Phi) is 8.86. The van der Waals surface area contributed by atoms with Crippen LogP contribution in [0.25, 0.3) is 0 Å². The average Bonchev–Trinajstić information content (AvgIpc) is 2.83. The quantitative estimate of drug-likeness (QED) is 0.611. The number of piperazine rings is 1. The summed E-state index contributed by atoms with van der Waals surface area (Å²) in [5.74, 6) is -0.175. The number of rotatable bonds is 9. The summed E-state index contributed by atoms with van der Waals surface area (Å²) >= 11 is 0. The highest BCUT2D eigenvalue weighted by Crippen LogP contribution is 2.19. The first-order valence-corrected chi connectivity index (χ1v) is 11.7. The molecule has 7 heteroatoms. The lowest BCUT2D eigenvalue weighted by Gasteiger charge is -2.34. The fourth-order valence-corrected chi connectivity index (χ4v) is 4.02. The van der Waals surface area contributed by atoms with E-state index in [2.05, 4.69) is 39.5 Å². The third-order valence-electron chi connectivity index (χ3n) is 6.13. The van der Waals surface area contributed by atoms with E-state index in [1.807, 2.05) is 26.0 Å². The van der Waals surface area contributed by atoms with Gasteiger partial charge in [-0.05, 0) is 42.3 Å². The lowest BCUT2D eigenvalue weighted by Crippen LogP contribution is -2.47. The minimum absolute atomic E-state index is 0.0790. The number of benzene rings is 2. The van der Waals surface area contributed by atoms with Gasteiger partial charge in [-0.15, -0.1) is 0 Å². The molecule has 0 spiro atoms. The highest BCUT2D eigenvalue weighted by Gasteiger charge is 2.26. The SMILES string of the molecule is CCN1CCN(Cc2ccc(NC(=O)C(NC(=O)c3ccccc3OC)C(C)C)cc2)CC1. The number of nitrogens with one attached hydrogen (secondary N) is 2. The van der Waals surface area contributed by atoms with Crippen LogP contribution in [0.15, 0.2) is 48.5 Å². The number of nitrogens with zero attached hydrogens (tertiary/aromatic N) is 2. The Morgan fingerprint density at radius 1 is 0.970 bits per heavy atom. The molecule has 1 heterocycles. The molecule has 1 unspecified atom stereocenters. The molecular weight excluding hydrogens is 416 g/mol. The van der Waals surface area contributed by atoms with Crippen molar-refractivity contribution in [3.05, 3.63) is 59.7 Å². The lowest BCUT2D eigenvalue weighted by molar-refractivity contribution is -0.118. The number of hydrogen-bond acceptors (Lipinski definition) is 5. The van der Waals surface area contributed by atoms with Gasteiger partial charge in [-0.1, -0.05) is 45.0 Å². The van der Waals surface area contributed by atoms with Gasteiger partial charge in [0.2, 0.25) is 5.91 Å². The molecule has 2 amide bonds. The first-order chi connectivity index (χ1) is 15.9. The van der Waals surface area contributed by atoms with E-state index in [1.165, 1.54) is 12.7 Å². The number of hydrogen-bond donors (Lipinski definition) is 2. The zero-order valence-electron chi connectivity index (χ0n) is 20.1. The molecule has 0 aliphatic carbocycles. The van der Waals surface area contributed by atoms with Gasteiger partial charge in [-0.3, -0.25) is 14.5 Å². The minimum atomic E-state index is -0.669. The van der Waals surface area contributed by atoms with Crippen molar-refractivity contribution in [1.29, 1.82) is 0 Å². The fourth-order valence-electron chi connectivity index (χ4n) is 4.02. The van der Waals surface area contributed by atoms with Gasteiger partial charge in [-0.2, -0.15) is 0 Å². The maximum atomic E-state index is 13.0. The Balaban J connectivity index is 1.58. The van der Waals surface area contributed by atoms with E-state index < -0.39 is 6.04 Å². The summed E-state index contributed by atoms with van der Waals surface area (Å²) in [5, 5.41) is 5.81. The van der Waals surface area contributed by atoms with Crippen molar-refractivity contribution in [3.63, 3.8) is 0 Å². The summed E-state index contributed by atoms with van der Waals surface area (Å²) in [6.45, 7) is 12.4. The van der Waals surface area contributed by atoms with Gasteiger partial charge in [0.05, 0.1) is 12.7 Å². The van der Waals surface area contributed by atoms with E-state index in [1.54, 1.807) is 24.3 Å². The van der Waals surface area contributed by atoms with E-state index in [9.17, 15) is 9.59 Å². The van der Waals surface area contributed by atoms with Crippen LogP contribution in [-0.4, -0.2) is 67.5 Å². The van der Waals surface area contributed by atoms with Crippen molar-refractivity contribution in [3.8, 4) is 5.75 Å². The standard InChI is InChI=1S/C26H36N4O3/c1-5-29-14-16-30(17-15-29)18-20-10-12-21(13-11-20)27-26(32)24(19(2)3)28-25(31)22-8-6-7-9-23(22)33-4/h6-13,19,24H,5,14-18H2,1-4H3,(H,27,32)(H,28,31). The Morgan fingerprint density at radius 2 is 1.61 bits per heavy atom. The van der Waals surface area contributed by atoms with Crippen molar-refractivity contribution in [2.24, 2.45) is 5.92 Å². The summed E-state index contributed by atoms with van der Waals surface area (Å²) in [6.07, 6.45) is 0. The number of amides is 2. The molecule has 2 aromatic carbocycles. The van der Waals surface area contributed by atoms with Crippen LogP contribution in [0.5, 0.6) is 5.75 Å². The third kappa shape index (κ3) is 6.79. The average molecular weight is 453 g/mol. The second-order valence-electron chi connectivity index (χ2n) is 8.79. The van der Waals surface area contributed by atoms with Crippen molar-refractivity contribution in [2.75, 3.05) is 45.2 Å². The van der Waals surface area contributed by atoms with Crippen LogP contribution in [0.4, 0.5) is 5.69 Å². The van der Waals surface area contributed by atoms with Gasteiger partial charge in [0, 0.05) is 38.4 Å². The number of likely N-dealkylation sites (N-methyl/N-ethyl adjacent to an activating group) is 1. The van der Waals surface area contributed by atoms with Crippen molar-refractivity contribution in [2.45, 2.75) is 33.4 Å². The van der Waals surface area contributed by atoms with E-state index in [4.69, 9.17) is 4.74 Å². The normalized spacial score (nSPS) is 15.8.